The molecule has 0 N–H and O–H groups in total. The minimum atomic E-state index is 0.545. The summed E-state index contributed by atoms with van der Waals surface area (Å²) in [6, 6.07) is 4.25. The zero-order chi connectivity index (χ0) is 12.8. The second kappa shape index (κ2) is 6.66. The van der Waals surface area contributed by atoms with Crippen molar-refractivity contribution in [2.45, 2.75) is 19.8 Å². The minimum Gasteiger partial charge on any atom is -0.379 e. The zero-order valence-electron chi connectivity index (χ0n) is 11.3. The molecule has 0 radical (unpaired) electrons. The molecule has 2 rings (SSSR count). The maximum Gasteiger partial charge on any atom is 0.0627 e. The molecule has 18 heavy (non-hydrogen) atoms. The van der Waals surface area contributed by atoms with Gasteiger partial charge in [-0.3, -0.25) is 9.88 Å². The van der Waals surface area contributed by atoms with Gasteiger partial charge in [0.05, 0.1) is 18.9 Å². The van der Waals surface area contributed by atoms with Gasteiger partial charge in [-0.05, 0) is 23.6 Å². The van der Waals surface area contributed by atoms with Crippen molar-refractivity contribution in [1.82, 2.24) is 9.88 Å². The number of morpholine rings is 1. The van der Waals surface area contributed by atoms with E-state index in [0.717, 1.165) is 38.5 Å². The lowest BCUT2D eigenvalue weighted by atomic mass is 10.1. The summed E-state index contributed by atoms with van der Waals surface area (Å²) in [4.78, 5) is 6.84. The number of ether oxygens (including phenoxy) is 1. The van der Waals surface area contributed by atoms with Gasteiger partial charge in [0, 0.05) is 25.8 Å². The molecule has 0 saturated carbocycles. The van der Waals surface area contributed by atoms with E-state index < -0.39 is 0 Å². The molecule has 1 saturated heterocycles. The van der Waals surface area contributed by atoms with E-state index in [4.69, 9.17) is 4.74 Å². The molecule has 3 heteroatoms. The SMILES string of the molecule is CC(C)c1ccc(C=CCN2CCOCC2)nc1. The van der Waals surface area contributed by atoms with Crippen LogP contribution >= 0.6 is 0 Å². The standard InChI is InChI=1S/C15H22N2O/c1-13(2)14-5-6-15(16-12-14)4-3-7-17-8-10-18-11-9-17/h3-6,12-13H,7-11H2,1-2H3. The Morgan fingerprint density at radius 2 is 2.11 bits per heavy atom. The fourth-order valence-corrected chi connectivity index (χ4v) is 1.96. The second-order valence-corrected chi connectivity index (χ2v) is 4.99. The van der Waals surface area contributed by atoms with E-state index in [1.165, 1.54) is 5.56 Å². The first-order valence-corrected chi connectivity index (χ1v) is 6.68. The maximum atomic E-state index is 5.32. The van der Waals surface area contributed by atoms with Gasteiger partial charge in [0.2, 0.25) is 0 Å². The average molecular weight is 246 g/mol. The summed E-state index contributed by atoms with van der Waals surface area (Å²) in [6.07, 6.45) is 6.25. The van der Waals surface area contributed by atoms with Gasteiger partial charge in [-0.2, -0.15) is 0 Å². The summed E-state index contributed by atoms with van der Waals surface area (Å²) in [6.45, 7) is 9.13. The molecular formula is C15H22N2O. The third-order valence-corrected chi connectivity index (χ3v) is 3.23. The highest BCUT2D eigenvalue weighted by atomic mass is 16.5. The monoisotopic (exact) mass is 246 g/mol. The van der Waals surface area contributed by atoms with Crippen molar-refractivity contribution in [2.24, 2.45) is 0 Å². The van der Waals surface area contributed by atoms with Crippen molar-refractivity contribution >= 4 is 6.08 Å². The normalized spacial score (nSPS) is 17.7. The molecule has 1 aromatic rings. The highest BCUT2D eigenvalue weighted by Crippen LogP contribution is 2.13. The summed E-state index contributed by atoms with van der Waals surface area (Å²) >= 11 is 0. The van der Waals surface area contributed by atoms with E-state index in [1.807, 2.05) is 6.20 Å². The largest absolute Gasteiger partial charge is 0.379 e. The van der Waals surface area contributed by atoms with Gasteiger partial charge >= 0.3 is 0 Å². The summed E-state index contributed by atoms with van der Waals surface area (Å²) < 4.78 is 5.32. The smallest absolute Gasteiger partial charge is 0.0627 e. The van der Waals surface area contributed by atoms with Gasteiger partial charge in [-0.15, -0.1) is 0 Å². The highest BCUT2D eigenvalue weighted by molar-refractivity contribution is 5.44. The Kier molecular flexibility index (Phi) is 4.90. The van der Waals surface area contributed by atoms with Crippen LogP contribution in [0.2, 0.25) is 0 Å². The van der Waals surface area contributed by atoms with Gasteiger partial charge in [0.1, 0.15) is 0 Å². The van der Waals surface area contributed by atoms with Crippen LogP contribution in [0.15, 0.2) is 24.4 Å². The minimum absolute atomic E-state index is 0.545. The van der Waals surface area contributed by atoms with Crippen LogP contribution < -0.4 is 0 Å². The van der Waals surface area contributed by atoms with E-state index in [-0.39, 0.29) is 0 Å². The zero-order valence-corrected chi connectivity index (χ0v) is 11.3. The summed E-state index contributed by atoms with van der Waals surface area (Å²) in [5.41, 5.74) is 2.33. The second-order valence-electron chi connectivity index (χ2n) is 4.99. The van der Waals surface area contributed by atoms with Crippen molar-refractivity contribution in [3.05, 3.63) is 35.7 Å². The molecule has 98 valence electrons. The molecule has 0 aromatic carbocycles. The molecule has 0 atom stereocenters. The van der Waals surface area contributed by atoms with E-state index in [9.17, 15) is 0 Å². The maximum absolute atomic E-state index is 5.32. The van der Waals surface area contributed by atoms with Crippen molar-refractivity contribution in [2.75, 3.05) is 32.8 Å². The lowest BCUT2D eigenvalue weighted by Gasteiger charge is -2.25. The van der Waals surface area contributed by atoms with Gasteiger partial charge in [0.15, 0.2) is 0 Å². The van der Waals surface area contributed by atoms with Crippen molar-refractivity contribution in [3.8, 4) is 0 Å². The third kappa shape index (κ3) is 3.93. The van der Waals surface area contributed by atoms with Crippen molar-refractivity contribution in [3.63, 3.8) is 0 Å². The summed E-state index contributed by atoms with van der Waals surface area (Å²) in [5.74, 6) is 0.545. The van der Waals surface area contributed by atoms with Crippen LogP contribution in [0.1, 0.15) is 31.0 Å². The number of nitrogens with zero attached hydrogens (tertiary/aromatic N) is 2. The Labute approximate surface area is 109 Å². The molecule has 0 unspecified atom stereocenters. The molecule has 0 bridgehead atoms. The molecule has 1 fully saturated rings. The molecule has 3 nitrogen and oxygen atoms in total. The van der Waals surface area contributed by atoms with Crippen LogP contribution in [0.5, 0.6) is 0 Å². The Hall–Kier alpha value is -1.19. The lowest BCUT2D eigenvalue weighted by molar-refractivity contribution is 0.0435. The number of hydrogen-bond acceptors (Lipinski definition) is 3. The average Bonchev–Trinajstić information content (AvgIpc) is 2.40. The van der Waals surface area contributed by atoms with Crippen LogP contribution in [0.3, 0.4) is 0 Å². The van der Waals surface area contributed by atoms with Crippen LogP contribution in [-0.4, -0.2) is 42.7 Å². The Morgan fingerprint density at radius 3 is 2.72 bits per heavy atom. The number of aromatic nitrogens is 1. The summed E-state index contributed by atoms with van der Waals surface area (Å²) in [7, 11) is 0. The highest BCUT2D eigenvalue weighted by Gasteiger charge is 2.07. The molecule has 0 amide bonds. The molecular weight excluding hydrogens is 224 g/mol. The molecule has 1 aromatic heterocycles. The van der Waals surface area contributed by atoms with E-state index in [1.54, 1.807) is 0 Å². The molecule has 1 aliphatic rings. The van der Waals surface area contributed by atoms with Crippen molar-refractivity contribution in [1.29, 1.82) is 0 Å². The number of pyridine rings is 1. The molecule has 2 heterocycles. The van der Waals surface area contributed by atoms with Crippen molar-refractivity contribution < 1.29 is 4.74 Å². The predicted molar refractivity (Wildman–Crippen MR) is 74.6 cm³/mol. The van der Waals surface area contributed by atoms with Crippen LogP contribution in [0, 0.1) is 0 Å². The van der Waals surface area contributed by atoms with Gasteiger partial charge in [-0.1, -0.05) is 26.0 Å². The number of rotatable bonds is 4. The Balaban J connectivity index is 1.84. The topological polar surface area (TPSA) is 25.4 Å². The Morgan fingerprint density at radius 1 is 1.33 bits per heavy atom. The summed E-state index contributed by atoms with van der Waals surface area (Å²) in [5, 5.41) is 0. The van der Waals surface area contributed by atoms with E-state index >= 15 is 0 Å². The Bertz CT molecular complexity index is 378. The quantitative estimate of drug-likeness (QED) is 0.816. The van der Waals surface area contributed by atoms with E-state index in [2.05, 4.69) is 48.0 Å². The fraction of sp³-hybridized carbons (Fsp3) is 0.533. The van der Waals surface area contributed by atoms with Gasteiger partial charge in [0.25, 0.3) is 0 Å². The fourth-order valence-electron chi connectivity index (χ4n) is 1.96. The van der Waals surface area contributed by atoms with Gasteiger partial charge in [-0.25, -0.2) is 0 Å². The predicted octanol–water partition coefficient (Wildman–Crippen LogP) is 2.55. The van der Waals surface area contributed by atoms with Gasteiger partial charge < -0.3 is 4.74 Å². The third-order valence-electron chi connectivity index (χ3n) is 3.23. The molecule has 0 spiro atoms. The first-order valence-electron chi connectivity index (χ1n) is 6.68. The van der Waals surface area contributed by atoms with Crippen LogP contribution in [-0.2, 0) is 4.74 Å². The van der Waals surface area contributed by atoms with Crippen LogP contribution in [0.4, 0.5) is 0 Å². The first kappa shape index (κ1) is 13.2. The number of hydrogen-bond donors (Lipinski definition) is 0. The molecule has 1 aliphatic heterocycles. The first-order chi connectivity index (χ1) is 8.75. The molecule has 0 aliphatic carbocycles. The van der Waals surface area contributed by atoms with Crippen LogP contribution in [0.25, 0.3) is 6.08 Å². The van der Waals surface area contributed by atoms with E-state index in [0.29, 0.717) is 5.92 Å². The lowest BCUT2D eigenvalue weighted by Crippen LogP contribution is -2.36.